The fraction of sp³-hybridized carbons (Fsp3) is 1.00. The highest BCUT2D eigenvalue weighted by Crippen LogP contribution is 2.30. The van der Waals surface area contributed by atoms with Gasteiger partial charge in [-0.05, 0) is 19.3 Å². The molecule has 1 saturated carbocycles. The highest BCUT2D eigenvalue weighted by molar-refractivity contribution is 4.92. The van der Waals surface area contributed by atoms with Crippen LogP contribution in [0.25, 0.3) is 0 Å². The Morgan fingerprint density at radius 1 is 1.20 bits per heavy atom. The van der Waals surface area contributed by atoms with Gasteiger partial charge in [-0.15, -0.1) is 0 Å². The van der Waals surface area contributed by atoms with E-state index in [4.69, 9.17) is 14.2 Å². The van der Waals surface area contributed by atoms with Crippen molar-refractivity contribution in [2.75, 3.05) is 66.8 Å². The number of hydrogen-bond donors (Lipinski definition) is 1. The van der Waals surface area contributed by atoms with Gasteiger partial charge < -0.3 is 19.5 Å². The van der Waals surface area contributed by atoms with E-state index in [-0.39, 0.29) is 5.41 Å². The van der Waals surface area contributed by atoms with Gasteiger partial charge >= 0.3 is 0 Å². The molecule has 2 aliphatic rings. The average Bonchev–Trinajstić information content (AvgIpc) is 3.19. The Labute approximate surface area is 122 Å². The topological polar surface area (TPSA) is 43.0 Å². The number of nitrogens with zero attached hydrogens (tertiary/aromatic N) is 1. The lowest BCUT2D eigenvalue weighted by Crippen LogP contribution is -2.47. The van der Waals surface area contributed by atoms with Crippen LogP contribution in [-0.4, -0.2) is 77.8 Å². The summed E-state index contributed by atoms with van der Waals surface area (Å²) in [5, 5.41) is 3.69. The van der Waals surface area contributed by atoms with Crippen molar-refractivity contribution >= 4 is 0 Å². The van der Waals surface area contributed by atoms with Crippen molar-refractivity contribution in [3.8, 4) is 0 Å². The molecule has 1 heterocycles. The van der Waals surface area contributed by atoms with Gasteiger partial charge in [0.25, 0.3) is 0 Å². The Balaban J connectivity index is 1.84. The Hall–Kier alpha value is -0.200. The average molecular weight is 286 g/mol. The highest BCUT2D eigenvalue weighted by atomic mass is 16.5. The van der Waals surface area contributed by atoms with Crippen LogP contribution < -0.4 is 5.32 Å². The largest absolute Gasteiger partial charge is 0.383 e. The van der Waals surface area contributed by atoms with Crippen LogP contribution in [0, 0.1) is 5.41 Å². The van der Waals surface area contributed by atoms with Crippen LogP contribution >= 0.6 is 0 Å². The quantitative estimate of drug-likeness (QED) is 0.607. The zero-order valence-corrected chi connectivity index (χ0v) is 13.0. The van der Waals surface area contributed by atoms with Gasteiger partial charge in [-0.25, -0.2) is 0 Å². The van der Waals surface area contributed by atoms with E-state index in [1.54, 1.807) is 14.2 Å². The first-order valence-corrected chi connectivity index (χ1v) is 7.79. The summed E-state index contributed by atoms with van der Waals surface area (Å²) in [6, 6.07) is 0.763. The van der Waals surface area contributed by atoms with Crippen LogP contribution in [0.3, 0.4) is 0 Å². The molecule has 2 rings (SSSR count). The maximum Gasteiger partial charge on any atom is 0.0589 e. The summed E-state index contributed by atoms with van der Waals surface area (Å²) in [5.74, 6) is 0. The molecular weight excluding hydrogens is 256 g/mol. The lowest BCUT2D eigenvalue weighted by Gasteiger charge is -2.34. The summed E-state index contributed by atoms with van der Waals surface area (Å²) in [5.41, 5.74) is 0.268. The first kappa shape index (κ1) is 16.2. The van der Waals surface area contributed by atoms with Crippen LogP contribution in [0.1, 0.15) is 19.3 Å². The third kappa shape index (κ3) is 5.30. The molecule has 1 N–H and O–H groups in total. The summed E-state index contributed by atoms with van der Waals surface area (Å²) in [4.78, 5) is 2.45. The minimum absolute atomic E-state index is 0.268. The summed E-state index contributed by atoms with van der Waals surface area (Å²) in [7, 11) is 3.52. The molecule has 5 heteroatoms. The van der Waals surface area contributed by atoms with Crippen LogP contribution in [0.15, 0.2) is 0 Å². The van der Waals surface area contributed by atoms with E-state index < -0.39 is 0 Å². The predicted molar refractivity (Wildman–Crippen MR) is 79.1 cm³/mol. The molecular formula is C15H30N2O3. The van der Waals surface area contributed by atoms with Crippen molar-refractivity contribution < 1.29 is 14.2 Å². The van der Waals surface area contributed by atoms with Crippen LogP contribution in [-0.2, 0) is 14.2 Å². The van der Waals surface area contributed by atoms with Gasteiger partial charge in [0.05, 0.1) is 19.8 Å². The third-order valence-electron chi connectivity index (χ3n) is 4.31. The van der Waals surface area contributed by atoms with Gasteiger partial charge in [0.15, 0.2) is 0 Å². The van der Waals surface area contributed by atoms with Crippen molar-refractivity contribution in [1.29, 1.82) is 0 Å². The molecule has 118 valence electrons. The van der Waals surface area contributed by atoms with Gasteiger partial charge in [0.2, 0.25) is 0 Å². The first-order valence-electron chi connectivity index (χ1n) is 7.79. The lowest BCUT2D eigenvalue weighted by molar-refractivity contribution is 0.0682. The van der Waals surface area contributed by atoms with E-state index in [2.05, 4.69) is 10.2 Å². The zero-order chi connectivity index (χ0) is 14.3. The normalized spacial score (nSPS) is 26.6. The number of methoxy groups -OCH3 is 2. The molecule has 0 amide bonds. The monoisotopic (exact) mass is 286 g/mol. The second kappa shape index (κ2) is 8.29. The maximum atomic E-state index is 5.69. The molecule has 0 radical (unpaired) electrons. The SMILES string of the molecule is COCCN(CCOC)CC1(CNC2CC2)CCOC1. The summed E-state index contributed by atoms with van der Waals surface area (Å²) >= 11 is 0. The number of rotatable bonds is 11. The Bertz CT molecular complexity index is 258. The molecule has 1 unspecified atom stereocenters. The van der Waals surface area contributed by atoms with Crippen LogP contribution in [0.5, 0.6) is 0 Å². The van der Waals surface area contributed by atoms with E-state index in [0.29, 0.717) is 0 Å². The molecule has 0 aromatic carbocycles. The second-order valence-electron chi connectivity index (χ2n) is 6.22. The molecule has 20 heavy (non-hydrogen) atoms. The van der Waals surface area contributed by atoms with Gasteiger partial charge in [-0.1, -0.05) is 0 Å². The molecule has 1 aliphatic heterocycles. The highest BCUT2D eigenvalue weighted by Gasteiger charge is 2.37. The standard InChI is InChI=1S/C15H30N2O3/c1-18-9-6-17(7-10-19-2)12-15(5-8-20-13-15)11-16-14-3-4-14/h14,16H,3-13H2,1-2H3. The summed E-state index contributed by atoms with van der Waals surface area (Å²) in [6.45, 7) is 7.40. The molecule has 0 spiro atoms. The Morgan fingerprint density at radius 2 is 1.90 bits per heavy atom. The molecule has 2 fully saturated rings. The molecule has 5 nitrogen and oxygen atoms in total. The van der Waals surface area contributed by atoms with E-state index in [1.807, 2.05) is 0 Å². The Kier molecular flexibility index (Phi) is 6.71. The maximum absolute atomic E-state index is 5.69. The third-order valence-corrected chi connectivity index (χ3v) is 4.31. The summed E-state index contributed by atoms with van der Waals surface area (Å²) in [6.07, 6.45) is 3.84. The van der Waals surface area contributed by atoms with Crippen molar-refractivity contribution in [1.82, 2.24) is 10.2 Å². The minimum atomic E-state index is 0.268. The molecule has 1 atom stereocenters. The summed E-state index contributed by atoms with van der Waals surface area (Å²) < 4.78 is 16.2. The van der Waals surface area contributed by atoms with Gasteiger partial charge in [-0.3, -0.25) is 4.90 Å². The zero-order valence-electron chi connectivity index (χ0n) is 13.0. The van der Waals surface area contributed by atoms with Crippen LogP contribution in [0.2, 0.25) is 0 Å². The fourth-order valence-electron chi connectivity index (χ4n) is 2.80. The van der Waals surface area contributed by atoms with Gasteiger partial charge in [0, 0.05) is 58.5 Å². The molecule has 1 saturated heterocycles. The number of hydrogen-bond acceptors (Lipinski definition) is 5. The van der Waals surface area contributed by atoms with Gasteiger partial charge in [-0.2, -0.15) is 0 Å². The van der Waals surface area contributed by atoms with E-state index in [9.17, 15) is 0 Å². The Morgan fingerprint density at radius 3 is 2.40 bits per heavy atom. The number of nitrogens with one attached hydrogen (secondary N) is 1. The van der Waals surface area contributed by atoms with Crippen molar-refractivity contribution in [2.24, 2.45) is 5.41 Å². The molecule has 1 aliphatic carbocycles. The minimum Gasteiger partial charge on any atom is -0.383 e. The van der Waals surface area contributed by atoms with Crippen molar-refractivity contribution in [3.05, 3.63) is 0 Å². The second-order valence-corrected chi connectivity index (χ2v) is 6.22. The van der Waals surface area contributed by atoms with E-state index in [1.165, 1.54) is 12.8 Å². The number of ether oxygens (including phenoxy) is 3. The molecule has 0 bridgehead atoms. The van der Waals surface area contributed by atoms with Crippen molar-refractivity contribution in [3.63, 3.8) is 0 Å². The molecule has 0 aromatic rings. The fourth-order valence-corrected chi connectivity index (χ4v) is 2.80. The molecule has 0 aromatic heterocycles. The van der Waals surface area contributed by atoms with Gasteiger partial charge in [0.1, 0.15) is 0 Å². The van der Waals surface area contributed by atoms with E-state index >= 15 is 0 Å². The van der Waals surface area contributed by atoms with Crippen molar-refractivity contribution in [2.45, 2.75) is 25.3 Å². The predicted octanol–water partition coefficient (Wildman–Crippen LogP) is 0.740. The first-order chi connectivity index (χ1) is 9.78. The lowest BCUT2D eigenvalue weighted by atomic mass is 9.86. The van der Waals surface area contributed by atoms with Crippen LogP contribution in [0.4, 0.5) is 0 Å². The van der Waals surface area contributed by atoms with E-state index in [0.717, 1.165) is 65.1 Å². The smallest absolute Gasteiger partial charge is 0.0589 e.